The van der Waals surface area contributed by atoms with Gasteiger partial charge in [0.15, 0.2) is 0 Å². The molecular formula is C14H23NO3S. The van der Waals surface area contributed by atoms with Crippen LogP contribution in [0.4, 0.5) is 0 Å². The second kappa shape index (κ2) is 7.50. The molecule has 0 aliphatic heterocycles. The molecule has 1 atom stereocenters. The minimum atomic E-state index is -2.89. The zero-order valence-electron chi connectivity index (χ0n) is 11.8. The number of nitrogens with one attached hydrogen (secondary N) is 1. The summed E-state index contributed by atoms with van der Waals surface area (Å²) in [6.45, 7) is 5.56. The van der Waals surface area contributed by atoms with Crippen LogP contribution in [0, 0.1) is 0 Å². The summed E-state index contributed by atoms with van der Waals surface area (Å²) in [6, 6.07) is 8.22. The summed E-state index contributed by atoms with van der Waals surface area (Å²) in [6.07, 6.45) is 1.76. The van der Waals surface area contributed by atoms with Crippen LogP contribution in [-0.4, -0.2) is 33.6 Å². The average Bonchev–Trinajstić information content (AvgIpc) is 2.34. The Labute approximate surface area is 116 Å². The number of sulfone groups is 1. The van der Waals surface area contributed by atoms with E-state index in [4.69, 9.17) is 4.74 Å². The zero-order chi connectivity index (χ0) is 14.3. The number of hydrogen-bond donors (Lipinski definition) is 1. The summed E-state index contributed by atoms with van der Waals surface area (Å²) in [5.41, 5.74) is 1.21. The quantitative estimate of drug-likeness (QED) is 0.744. The molecule has 0 radical (unpaired) electrons. The van der Waals surface area contributed by atoms with E-state index in [9.17, 15) is 8.42 Å². The number of benzene rings is 1. The van der Waals surface area contributed by atoms with E-state index in [2.05, 4.69) is 19.2 Å². The van der Waals surface area contributed by atoms with Crippen molar-refractivity contribution in [3.05, 3.63) is 29.8 Å². The average molecular weight is 285 g/mol. The van der Waals surface area contributed by atoms with E-state index in [0.717, 1.165) is 12.3 Å². The molecule has 1 unspecified atom stereocenters. The predicted molar refractivity (Wildman–Crippen MR) is 78.4 cm³/mol. The van der Waals surface area contributed by atoms with Crippen molar-refractivity contribution >= 4 is 9.84 Å². The largest absolute Gasteiger partial charge is 0.494 e. The number of hydrogen-bond acceptors (Lipinski definition) is 4. The second-order valence-electron chi connectivity index (χ2n) is 4.68. The van der Waals surface area contributed by atoms with Gasteiger partial charge in [-0.1, -0.05) is 19.1 Å². The Balaban J connectivity index is 2.40. The molecule has 1 aromatic carbocycles. The molecule has 0 bridgehead atoms. The lowest BCUT2D eigenvalue weighted by Crippen LogP contribution is -2.17. The van der Waals surface area contributed by atoms with Gasteiger partial charge in [0, 0.05) is 12.3 Å². The summed E-state index contributed by atoms with van der Waals surface area (Å²) in [7, 11) is -2.89. The highest BCUT2D eigenvalue weighted by Gasteiger charge is 2.04. The predicted octanol–water partition coefficient (Wildman–Crippen LogP) is 2.17. The first-order chi connectivity index (χ1) is 8.92. The number of ether oxygens (including phenoxy) is 1. The highest BCUT2D eigenvalue weighted by molar-refractivity contribution is 7.90. The molecule has 0 amide bonds. The van der Waals surface area contributed by atoms with Gasteiger partial charge in [-0.2, -0.15) is 0 Å². The Kier molecular flexibility index (Phi) is 6.31. The van der Waals surface area contributed by atoms with Gasteiger partial charge in [0.1, 0.15) is 15.6 Å². The molecule has 0 aliphatic carbocycles. The molecule has 0 saturated heterocycles. The van der Waals surface area contributed by atoms with Crippen LogP contribution in [0.25, 0.3) is 0 Å². The fourth-order valence-corrected chi connectivity index (χ4v) is 2.43. The molecule has 0 heterocycles. The van der Waals surface area contributed by atoms with Crippen molar-refractivity contribution in [2.45, 2.75) is 26.3 Å². The third-order valence-corrected chi connectivity index (χ3v) is 3.85. The van der Waals surface area contributed by atoms with Crippen molar-refractivity contribution in [3.8, 4) is 5.75 Å². The molecular weight excluding hydrogens is 262 g/mol. The molecule has 1 N–H and O–H groups in total. The Morgan fingerprint density at radius 2 is 1.89 bits per heavy atom. The van der Waals surface area contributed by atoms with Crippen LogP contribution in [0.1, 0.15) is 31.9 Å². The monoisotopic (exact) mass is 285 g/mol. The summed E-state index contributed by atoms with van der Waals surface area (Å²) < 4.78 is 27.4. The van der Waals surface area contributed by atoms with Crippen molar-refractivity contribution in [2.75, 3.05) is 25.2 Å². The molecule has 0 aromatic heterocycles. The normalized spacial score (nSPS) is 13.2. The van der Waals surface area contributed by atoms with Crippen LogP contribution >= 0.6 is 0 Å². The summed E-state index contributed by atoms with van der Waals surface area (Å²) in [4.78, 5) is 0. The van der Waals surface area contributed by atoms with Gasteiger partial charge in [-0.3, -0.25) is 0 Å². The number of rotatable bonds is 8. The molecule has 1 rings (SSSR count). The van der Waals surface area contributed by atoms with Crippen LogP contribution < -0.4 is 10.1 Å². The smallest absolute Gasteiger partial charge is 0.147 e. The van der Waals surface area contributed by atoms with Crippen molar-refractivity contribution in [3.63, 3.8) is 0 Å². The fraction of sp³-hybridized carbons (Fsp3) is 0.571. The van der Waals surface area contributed by atoms with Gasteiger partial charge in [0.2, 0.25) is 0 Å². The molecule has 1 aromatic rings. The van der Waals surface area contributed by atoms with Crippen LogP contribution in [0.2, 0.25) is 0 Å². The SMILES string of the molecule is CCNC(C)c1ccc(OCCCS(C)(=O)=O)cc1. The van der Waals surface area contributed by atoms with Crippen molar-refractivity contribution in [1.29, 1.82) is 0 Å². The van der Waals surface area contributed by atoms with Gasteiger partial charge in [-0.15, -0.1) is 0 Å². The molecule has 108 valence electrons. The van der Waals surface area contributed by atoms with E-state index in [1.54, 1.807) is 0 Å². The molecule has 0 saturated carbocycles. The maximum atomic E-state index is 11.0. The first kappa shape index (κ1) is 16.0. The van der Waals surface area contributed by atoms with Gasteiger partial charge in [-0.25, -0.2) is 8.42 Å². The van der Waals surface area contributed by atoms with E-state index in [1.807, 2.05) is 24.3 Å². The molecule has 5 heteroatoms. The Bertz CT molecular complexity index is 468. The maximum absolute atomic E-state index is 11.0. The van der Waals surface area contributed by atoms with Crippen molar-refractivity contribution in [2.24, 2.45) is 0 Å². The van der Waals surface area contributed by atoms with Gasteiger partial charge in [0.25, 0.3) is 0 Å². The topological polar surface area (TPSA) is 55.4 Å². The standard InChI is InChI=1S/C14H23NO3S/c1-4-15-12(2)13-6-8-14(9-7-13)18-10-5-11-19(3,16)17/h6-9,12,15H,4-5,10-11H2,1-3H3. The highest BCUT2D eigenvalue weighted by Crippen LogP contribution is 2.17. The van der Waals surface area contributed by atoms with Gasteiger partial charge >= 0.3 is 0 Å². The summed E-state index contributed by atoms with van der Waals surface area (Å²) >= 11 is 0. The van der Waals surface area contributed by atoms with Crippen LogP contribution in [0.5, 0.6) is 5.75 Å². The lowest BCUT2D eigenvalue weighted by molar-refractivity contribution is 0.317. The molecule has 19 heavy (non-hydrogen) atoms. The first-order valence-electron chi connectivity index (χ1n) is 6.56. The maximum Gasteiger partial charge on any atom is 0.147 e. The third-order valence-electron chi connectivity index (χ3n) is 2.82. The lowest BCUT2D eigenvalue weighted by Gasteiger charge is -2.13. The summed E-state index contributed by atoms with van der Waals surface area (Å²) in [5.74, 6) is 0.948. The Morgan fingerprint density at radius 1 is 1.26 bits per heavy atom. The Morgan fingerprint density at radius 3 is 2.42 bits per heavy atom. The Hall–Kier alpha value is -1.07. The van der Waals surface area contributed by atoms with E-state index in [0.29, 0.717) is 19.1 Å². The molecule has 0 aliphatic rings. The van der Waals surface area contributed by atoms with Crippen LogP contribution in [0.3, 0.4) is 0 Å². The van der Waals surface area contributed by atoms with Gasteiger partial charge in [-0.05, 0) is 37.6 Å². The van der Waals surface area contributed by atoms with Crippen LogP contribution in [0.15, 0.2) is 24.3 Å². The zero-order valence-corrected chi connectivity index (χ0v) is 12.7. The highest BCUT2D eigenvalue weighted by atomic mass is 32.2. The summed E-state index contributed by atoms with van der Waals surface area (Å²) in [5, 5.41) is 3.34. The third kappa shape index (κ3) is 6.59. The van der Waals surface area contributed by atoms with E-state index < -0.39 is 9.84 Å². The molecule has 0 spiro atoms. The van der Waals surface area contributed by atoms with E-state index >= 15 is 0 Å². The van der Waals surface area contributed by atoms with E-state index in [1.165, 1.54) is 11.8 Å². The fourth-order valence-electron chi connectivity index (χ4n) is 1.79. The van der Waals surface area contributed by atoms with E-state index in [-0.39, 0.29) is 5.75 Å². The van der Waals surface area contributed by atoms with Crippen LogP contribution in [-0.2, 0) is 9.84 Å². The van der Waals surface area contributed by atoms with Gasteiger partial charge < -0.3 is 10.1 Å². The van der Waals surface area contributed by atoms with Crippen molar-refractivity contribution < 1.29 is 13.2 Å². The molecule has 4 nitrogen and oxygen atoms in total. The minimum absolute atomic E-state index is 0.169. The molecule has 0 fully saturated rings. The van der Waals surface area contributed by atoms with Crippen molar-refractivity contribution in [1.82, 2.24) is 5.32 Å². The van der Waals surface area contributed by atoms with Gasteiger partial charge in [0.05, 0.1) is 12.4 Å². The minimum Gasteiger partial charge on any atom is -0.494 e. The first-order valence-corrected chi connectivity index (χ1v) is 8.62. The lowest BCUT2D eigenvalue weighted by atomic mass is 10.1. The second-order valence-corrected chi connectivity index (χ2v) is 6.94.